The number of hydrogen-bond acceptors (Lipinski definition) is 4. The summed E-state index contributed by atoms with van der Waals surface area (Å²) in [6.07, 6.45) is 2.90. The molecule has 0 aliphatic rings. The zero-order valence-corrected chi connectivity index (χ0v) is 16.7. The summed E-state index contributed by atoms with van der Waals surface area (Å²) in [5.74, 6) is -0.598. The van der Waals surface area contributed by atoms with E-state index >= 15 is 0 Å². The summed E-state index contributed by atoms with van der Waals surface area (Å²) < 4.78 is 0. The van der Waals surface area contributed by atoms with Crippen LogP contribution in [0, 0.1) is 0 Å². The van der Waals surface area contributed by atoms with Gasteiger partial charge in [0.25, 0.3) is 11.8 Å². The molecule has 1 unspecified atom stereocenters. The molecule has 0 bridgehead atoms. The summed E-state index contributed by atoms with van der Waals surface area (Å²) in [7, 11) is 3.91. The molecule has 2 aromatic carbocycles. The Morgan fingerprint density at radius 3 is 2.14 bits per heavy atom. The topological polar surface area (TPSA) is 74.3 Å². The number of carbonyl (C=O) groups excluding carboxylic acids is 2. The van der Waals surface area contributed by atoms with E-state index in [9.17, 15) is 9.59 Å². The van der Waals surface area contributed by atoms with Crippen molar-refractivity contribution in [3.05, 3.63) is 89.7 Å². The van der Waals surface area contributed by atoms with Gasteiger partial charge in [0, 0.05) is 37.9 Å². The van der Waals surface area contributed by atoms with E-state index in [1.165, 1.54) is 12.4 Å². The lowest BCUT2D eigenvalue weighted by Crippen LogP contribution is -2.27. The molecule has 3 aromatic rings. The van der Waals surface area contributed by atoms with Gasteiger partial charge in [0.05, 0.1) is 17.2 Å². The highest BCUT2D eigenvalue weighted by atomic mass is 16.2. The summed E-state index contributed by atoms with van der Waals surface area (Å²) in [4.78, 5) is 31.2. The van der Waals surface area contributed by atoms with Crippen LogP contribution in [-0.2, 0) is 0 Å². The molecule has 29 heavy (non-hydrogen) atoms. The standard InChI is InChI=1S/C23H24N4O2/c1-16(17-7-5-4-6-8-17)25-22(28)18-13-19(15-24-14-18)23(29)26-20-9-11-21(12-10-20)27(2)3/h4-16H,1-3H3,(H,25,28)(H,26,29). The molecule has 0 radical (unpaired) electrons. The highest BCUT2D eigenvalue weighted by Crippen LogP contribution is 2.17. The van der Waals surface area contributed by atoms with Crippen molar-refractivity contribution >= 4 is 23.2 Å². The minimum absolute atomic E-state index is 0.156. The number of aromatic nitrogens is 1. The second-order valence-corrected chi connectivity index (χ2v) is 6.96. The highest BCUT2D eigenvalue weighted by molar-refractivity contribution is 6.05. The smallest absolute Gasteiger partial charge is 0.257 e. The Morgan fingerprint density at radius 2 is 1.52 bits per heavy atom. The molecule has 1 aromatic heterocycles. The molecule has 0 aliphatic heterocycles. The van der Waals surface area contributed by atoms with Gasteiger partial charge in [0.2, 0.25) is 0 Å². The number of rotatable bonds is 6. The normalized spacial score (nSPS) is 11.4. The van der Waals surface area contributed by atoms with E-state index in [4.69, 9.17) is 0 Å². The Balaban J connectivity index is 1.68. The summed E-state index contributed by atoms with van der Waals surface area (Å²) in [6, 6.07) is 18.6. The van der Waals surface area contributed by atoms with Crippen LogP contribution in [0.2, 0.25) is 0 Å². The maximum Gasteiger partial charge on any atom is 0.257 e. The van der Waals surface area contributed by atoms with Crippen LogP contribution >= 0.6 is 0 Å². The molecule has 0 saturated carbocycles. The number of anilines is 2. The number of amides is 2. The monoisotopic (exact) mass is 388 g/mol. The highest BCUT2D eigenvalue weighted by Gasteiger charge is 2.14. The predicted octanol–water partition coefficient (Wildman–Crippen LogP) is 3.89. The maximum atomic E-state index is 12.6. The van der Waals surface area contributed by atoms with Gasteiger partial charge in [0.1, 0.15) is 0 Å². The SMILES string of the molecule is CC(NC(=O)c1cncc(C(=O)Nc2ccc(N(C)C)cc2)c1)c1ccccc1. The van der Waals surface area contributed by atoms with E-state index < -0.39 is 0 Å². The van der Waals surface area contributed by atoms with Crippen LogP contribution < -0.4 is 15.5 Å². The fraction of sp³-hybridized carbons (Fsp3) is 0.174. The van der Waals surface area contributed by atoms with Crippen molar-refractivity contribution in [2.75, 3.05) is 24.3 Å². The van der Waals surface area contributed by atoms with Crippen LogP contribution in [0.15, 0.2) is 73.1 Å². The van der Waals surface area contributed by atoms with Gasteiger partial charge in [0.15, 0.2) is 0 Å². The van der Waals surface area contributed by atoms with Crippen molar-refractivity contribution in [2.24, 2.45) is 0 Å². The Hall–Kier alpha value is -3.67. The lowest BCUT2D eigenvalue weighted by molar-refractivity contribution is 0.0939. The average Bonchev–Trinajstić information content (AvgIpc) is 2.74. The van der Waals surface area contributed by atoms with E-state index in [0.717, 1.165) is 11.3 Å². The Morgan fingerprint density at radius 1 is 0.897 bits per heavy atom. The molecular weight excluding hydrogens is 364 g/mol. The molecular formula is C23H24N4O2. The summed E-state index contributed by atoms with van der Waals surface area (Å²) in [5.41, 5.74) is 3.37. The van der Waals surface area contributed by atoms with E-state index in [2.05, 4.69) is 15.6 Å². The fourth-order valence-electron chi connectivity index (χ4n) is 2.84. The average molecular weight is 388 g/mol. The van der Waals surface area contributed by atoms with Crippen LogP contribution in [0.4, 0.5) is 11.4 Å². The van der Waals surface area contributed by atoms with Gasteiger partial charge < -0.3 is 15.5 Å². The van der Waals surface area contributed by atoms with Crippen molar-refractivity contribution in [2.45, 2.75) is 13.0 Å². The molecule has 0 spiro atoms. The van der Waals surface area contributed by atoms with Crippen molar-refractivity contribution in [3.8, 4) is 0 Å². The lowest BCUT2D eigenvalue weighted by Gasteiger charge is -2.14. The quantitative estimate of drug-likeness (QED) is 0.672. The Kier molecular flexibility index (Phi) is 6.24. The molecule has 3 rings (SSSR count). The minimum atomic E-state index is -0.319. The molecule has 0 aliphatic carbocycles. The number of hydrogen-bond donors (Lipinski definition) is 2. The molecule has 6 heteroatoms. The molecule has 0 fully saturated rings. The largest absolute Gasteiger partial charge is 0.378 e. The molecule has 0 saturated heterocycles. The third-order valence-electron chi connectivity index (χ3n) is 4.55. The molecule has 2 N–H and O–H groups in total. The van der Waals surface area contributed by atoms with Crippen LogP contribution in [0.3, 0.4) is 0 Å². The first kappa shape index (κ1) is 20.1. The van der Waals surface area contributed by atoms with Crippen LogP contribution in [0.1, 0.15) is 39.2 Å². The van der Waals surface area contributed by atoms with Crippen LogP contribution in [-0.4, -0.2) is 30.9 Å². The first-order valence-electron chi connectivity index (χ1n) is 9.33. The van der Waals surface area contributed by atoms with Gasteiger partial charge in [-0.15, -0.1) is 0 Å². The van der Waals surface area contributed by atoms with E-state index in [1.54, 1.807) is 6.07 Å². The number of carbonyl (C=O) groups is 2. The third kappa shape index (κ3) is 5.19. The van der Waals surface area contributed by atoms with Gasteiger partial charge >= 0.3 is 0 Å². The van der Waals surface area contributed by atoms with Gasteiger partial charge in [-0.2, -0.15) is 0 Å². The minimum Gasteiger partial charge on any atom is -0.378 e. The van der Waals surface area contributed by atoms with Crippen molar-refractivity contribution in [1.82, 2.24) is 10.3 Å². The van der Waals surface area contributed by atoms with Crippen LogP contribution in [0.25, 0.3) is 0 Å². The summed E-state index contributed by atoms with van der Waals surface area (Å²) in [5, 5.41) is 5.76. The molecule has 1 atom stereocenters. The molecule has 6 nitrogen and oxygen atoms in total. The fourth-order valence-corrected chi connectivity index (χ4v) is 2.84. The summed E-state index contributed by atoms with van der Waals surface area (Å²) >= 11 is 0. The lowest BCUT2D eigenvalue weighted by atomic mass is 10.1. The Labute approximate surface area is 170 Å². The van der Waals surface area contributed by atoms with Crippen molar-refractivity contribution in [3.63, 3.8) is 0 Å². The number of nitrogens with zero attached hydrogens (tertiary/aromatic N) is 2. The van der Waals surface area contributed by atoms with Crippen LogP contribution in [0.5, 0.6) is 0 Å². The third-order valence-corrected chi connectivity index (χ3v) is 4.55. The Bertz CT molecular complexity index is 985. The molecule has 2 amide bonds. The first-order valence-corrected chi connectivity index (χ1v) is 9.33. The van der Waals surface area contributed by atoms with Gasteiger partial charge in [-0.1, -0.05) is 30.3 Å². The zero-order valence-electron chi connectivity index (χ0n) is 16.7. The van der Waals surface area contributed by atoms with E-state index in [-0.39, 0.29) is 17.9 Å². The first-order chi connectivity index (χ1) is 13.9. The maximum absolute atomic E-state index is 12.6. The number of pyridine rings is 1. The van der Waals surface area contributed by atoms with Gasteiger partial charge in [-0.25, -0.2) is 0 Å². The molecule has 1 heterocycles. The second-order valence-electron chi connectivity index (χ2n) is 6.96. The zero-order chi connectivity index (χ0) is 20.8. The van der Waals surface area contributed by atoms with E-state index in [1.807, 2.05) is 80.5 Å². The number of benzene rings is 2. The molecule has 148 valence electrons. The summed E-state index contributed by atoms with van der Waals surface area (Å²) in [6.45, 7) is 1.91. The van der Waals surface area contributed by atoms with Gasteiger partial charge in [-0.3, -0.25) is 14.6 Å². The van der Waals surface area contributed by atoms with E-state index in [0.29, 0.717) is 16.8 Å². The predicted molar refractivity (Wildman–Crippen MR) is 115 cm³/mol. The van der Waals surface area contributed by atoms with Gasteiger partial charge in [-0.05, 0) is 42.8 Å². The number of nitrogens with one attached hydrogen (secondary N) is 2. The van der Waals surface area contributed by atoms with Crippen molar-refractivity contribution in [1.29, 1.82) is 0 Å². The van der Waals surface area contributed by atoms with Crippen molar-refractivity contribution < 1.29 is 9.59 Å². The second kappa shape index (κ2) is 9.01.